The lowest BCUT2D eigenvalue weighted by atomic mass is 9.97. The van der Waals surface area contributed by atoms with Crippen molar-refractivity contribution in [3.63, 3.8) is 0 Å². The Morgan fingerprint density at radius 1 is 1.21 bits per heavy atom. The van der Waals surface area contributed by atoms with Crippen molar-refractivity contribution in [1.29, 1.82) is 0 Å². The van der Waals surface area contributed by atoms with E-state index in [2.05, 4.69) is 39.0 Å². The summed E-state index contributed by atoms with van der Waals surface area (Å²) in [4.78, 5) is 14.7. The van der Waals surface area contributed by atoms with E-state index < -0.39 is 0 Å². The summed E-state index contributed by atoms with van der Waals surface area (Å²) < 4.78 is 0. The molecule has 1 unspecified atom stereocenters. The van der Waals surface area contributed by atoms with E-state index in [1.807, 2.05) is 31.2 Å². The molecule has 4 rings (SSSR count). The van der Waals surface area contributed by atoms with Gasteiger partial charge in [0.1, 0.15) is 0 Å². The second-order valence-corrected chi connectivity index (χ2v) is 8.07. The monoisotopic (exact) mass is 414 g/mol. The molecule has 2 aliphatic heterocycles. The molecule has 0 aromatic heterocycles. The number of benzene rings is 2. The number of hydrogen-bond acceptors (Lipinski definition) is 3. The second kappa shape index (κ2) is 9.99. The third kappa shape index (κ3) is 5.64. The zero-order valence-electron chi connectivity index (χ0n) is 17.0. The van der Waals surface area contributed by atoms with Crippen molar-refractivity contribution in [3.05, 3.63) is 59.2 Å². The van der Waals surface area contributed by atoms with E-state index in [1.54, 1.807) is 0 Å². The van der Waals surface area contributed by atoms with Gasteiger partial charge in [-0.1, -0.05) is 35.9 Å². The van der Waals surface area contributed by atoms with E-state index in [4.69, 9.17) is 0 Å². The molecular formula is C23H31ClN4O. The normalized spacial score (nSPS) is 18.3. The molecule has 2 heterocycles. The Labute approximate surface area is 179 Å². The Morgan fingerprint density at radius 2 is 2.03 bits per heavy atom. The van der Waals surface area contributed by atoms with Crippen LogP contribution in [0.1, 0.15) is 29.5 Å². The minimum Gasteiger partial charge on any atom is -0.384 e. The molecule has 0 aliphatic carbocycles. The van der Waals surface area contributed by atoms with E-state index in [1.165, 1.54) is 35.2 Å². The molecule has 0 saturated carbocycles. The second-order valence-electron chi connectivity index (χ2n) is 8.07. The predicted octanol–water partition coefficient (Wildman–Crippen LogP) is 4.42. The fourth-order valence-electron chi connectivity index (χ4n) is 4.29. The number of amides is 2. The van der Waals surface area contributed by atoms with E-state index >= 15 is 0 Å². The van der Waals surface area contributed by atoms with Gasteiger partial charge in [0.25, 0.3) is 0 Å². The number of rotatable bonds is 5. The standard InChI is InChI=1S/C23H30N4O.ClH/c1-17-7-9-21(10-8-17)26-23(28)25-14-18-4-3-13-27(15-18)16-20-6-2-5-19-11-12-24-22(19)20;/h2,5-10,18,24H,3-4,11-16H2,1H3,(H2,25,26,28);1H. The molecule has 156 valence electrons. The Morgan fingerprint density at radius 3 is 2.86 bits per heavy atom. The number of hydrogen-bond donors (Lipinski definition) is 3. The Balaban J connectivity index is 0.00000240. The lowest BCUT2D eigenvalue weighted by Gasteiger charge is -2.33. The van der Waals surface area contributed by atoms with Crippen molar-refractivity contribution in [2.24, 2.45) is 5.92 Å². The molecule has 1 fully saturated rings. The van der Waals surface area contributed by atoms with Gasteiger partial charge < -0.3 is 16.0 Å². The van der Waals surface area contributed by atoms with Gasteiger partial charge in [-0.25, -0.2) is 4.79 Å². The van der Waals surface area contributed by atoms with Crippen LogP contribution in [0.2, 0.25) is 0 Å². The third-order valence-corrected chi connectivity index (χ3v) is 5.79. The summed E-state index contributed by atoms with van der Waals surface area (Å²) in [5.41, 5.74) is 6.22. The zero-order valence-corrected chi connectivity index (χ0v) is 17.9. The first-order valence-corrected chi connectivity index (χ1v) is 10.4. The fourth-order valence-corrected chi connectivity index (χ4v) is 4.29. The number of fused-ring (bicyclic) bond motifs is 1. The number of nitrogens with one attached hydrogen (secondary N) is 3. The average Bonchev–Trinajstić information content (AvgIpc) is 3.19. The minimum absolute atomic E-state index is 0. The van der Waals surface area contributed by atoms with Crippen LogP contribution in [-0.2, 0) is 13.0 Å². The number of para-hydroxylation sites is 1. The number of likely N-dealkylation sites (tertiary alicyclic amines) is 1. The van der Waals surface area contributed by atoms with Crippen molar-refractivity contribution in [1.82, 2.24) is 10.2 Å². The number of aryl methyl sites for hydroxylation is 1. The molecule has 2 aromatic rings. The maximum Gasteiger partial charge on any atom is 0.319 e. The van der Waals surface area contributed by atoms with E-state index in [0.29, 0.717) is 5.92 Å². The number of nitrogens with zero attached hydrogens (tertiary/aromatic N) is 1. The van der Waals surface area contributed by atoms with Gasteiger partial charge in [0, 0.05) is 37.6 Å². The molecule has 29 heavy (non-hydrogen) atoms. The highest BCUT2D eigenvalue weighted by Crippen LogP contribution is 2.28. The third-order valence-electron chi connectivity index (χ3n) is 5.79. The van der Waals surface area contributed by atoms with Crippen LogP contribution in [-0.4, -0.2) is 37.1 Å². The van der Waals surface area contributed by atoms with Crippen molar-refractivity contribution >= 4 is 29.8 Å². The van der Waals surface area contributed by atoms with Crippen molar-refractivity contribution < 1.29 is 4.79 Å². The number of piperidine rings is 1. The summed E-state index contributed by atoms with van der Waals surface area (Å²) in [7, 11) is 0. The highest BCUT2D eigenvalue weighted by molar-refractivity contribution is 5.89. The van der Waals surface area contributed by atoms with E-state index in [0.717, 1.165) is 44.8 Å². The lowest BCUT2D eigenvalue weighted by Crippen LogP contribution is -2.41. The van der Waals surface area contributed by atoms with Gasteiger partial charge in [0.05, 0.1) is 0 Å². The van der Waals surface area contributed by atoms with Crippen molar-refractivity contribution in [2.45, 2.75) is 32.7 Å². The molecule has 0 radical (unpaired) electrons. The molecule has 2 amide bonds. The molecule has 3 N–H and O–H groups in total. The van der Waals surface area contributed by atoms with Crippen LogP contribution in [0.4, 0.5) is 16.2 Å². The van der Waals surface area contributed by atoms with Crippen LogP contribution >= 0.6 is 12.4 Å². The molecule has 2 aliphatic rings. The largest absolute Gasteiger partial charge is 0.384 e. The number of halogens is 1. The maximum absolute atomic E-state index is 12.2. The average molecular weight is 415 g/mol. The topological polar surface area (TPSA) is 56.4 Å². The summed E-state index contributed by atoms with van der Waals surface area (Å²) in [5.74, 6) is 0.502. The molecule has 1 saturated heterocycles. The Hall–Kier alpha value is -2.24. The first kappa shape index (κ1) is 21.5. The van der Waals surface area contributed by atoms with E-state index in [9.17, 15) is 4.79 Å². The van der Waals surface area contributed by atoms with Crippen LogP contribution in [0.25, 0.3) is 0 Å². The van der Waals surface area contributed by atoms with Crippen LogP contribution < -0.4 is 16.0 Å². The van der Waals surface area contributed by atoms with Crippen LogP contribution in [0.15, 0.2) is 42.5 Å². The van der Waals surface area contributed by atoms with Gasteiger partial charge >= 0.3 is 6.03 Å². The van der Waals surface area contributed by atoms with Crippen molar-refractivity contribution in [3.8, 4) is 0 Å². The Kier molecular flexibility index (Phi) is 7.40. The first-order valence-electron chi connectivity index (χ1n) is 10.4. The highest BCUT2D eigenvalue weighted by Gasteiger charge is 2.22. The summed E-state index contributed by atoms with van der Waals surface area (Å²) in [6, 6.07) is 14.4. The molecule has 0 spiro atoms. The van der Waals surface area contributed by atoms with Crippen LogP contribution in [0, 0.1) is 12.8 Å². The van der Waals surface area contributed by atoms with Gasteiger partial charge in [-0.2, -0.15) is 0 Å². The molecule has 0 bridgehead atoms. The maximum atomic E-state index is 12.2. The summed E-state index contributed by atoms with van der Waals surface area (Å²) in [6.07, 6.45) is 3.49. The van der Waals surface area contributed by atoms with Gasteiger partial charge in [-0.15, -0.1) is 12.4 Å². The minimum atomic E-state index is -0.119. The zero-order chi connectivity index (χ0) is 19.3. The van der Waals surface area contributed by atoms with Crippen LogP contribution in [0.5, 0.6) is 0 Å². The van der Waals surface area contributed by atoms with Gasteiger partial charge in [-0.05, 0) is 61.9 Å². The molecular weight excluding hydrogens is 384 g/mol. The number of carbonyl (C=O) groups is 1. The summed E-state index contributed by atoms with van der Waals surface area (Å²) >= 11 is 0. The molecule has 6 heteroatoms. The SMILES string of the molecule is Cc1ccc(NC(=O)NCC2CCCN(Cc3cccc4c3NCC4)C2)cc1.Cl. The lowest BCUT2D eigenvalue weighted by molar-refractivity contribution is 0.166. The summed E-state index contributed by atoms with van der Waals surface area (Å²) in [6.45, 7) is 6.97. The van der Waals surface area contributed by atoms with Crippen LogP contribution in [0.3, 0.4) is 0 Å². The smallest absolute Gasteiger partial charge is 0.319 e. The first-order chi connectivity index (χ1) is 13.7. The highest BCUT2D eigenvalue weighted by atomic mass is 35.5. The van der Waals surface area contributed by atoms with Gasteiger partial charge in [-0.3, -0.25) is 4.90 Å². The molecule has 1 atom stereocenters. The molecule has 5 nitrogen and oxygen atoms in total. The number of urea groups is 1. The summed E-state index contributed by atoms with van der Waals surface area (Å²) in [5, 5.41) is 9.51. The molecule has 2 aromatic carbocycles. The number of carbonyl (C=O) groups excluding carboxylic acids is 1. The quantitative estimate of drug-likeness (QED) is 0.678. The predicted molar refractivity (Wildman–Crippen MR) is 122 cm³/mol. The van der Waals surface area contributed by atoms with Gasteiger partial charge in [0.15, 0.2) is 0 Å². The van der Waals surface area contributed by atoms with Gasteiger partial charge in [0.2, 0.25) is 0 Å². The Bertz CT molecular complexity index is 824. The van der Waals surface area contributed by atoms with Crippen molar-refractivity contribution in [2.75, 3.05) is 36.8 Å². The van der Waals surface area contributed by atoms with E-state index in [-0.39, 0.29) is 18.4 Å². The fraction of sp³-hybridized carbons (Fsp3) is 0.435. The number of anilines is 2.